The summed E-state index contributed by atoms with van der Waals surface area (Å²) >= 11 is 6.00. The number of ether oxygens (including phenoxy) is 1. The van der Waals surface area contributed by atoms with Crippen LogP contribution in [-0.2, 0) is 0 Å². The minimum Gasteiger partial charge on any atom is -0.491 e. The van der Waals surface area contributed by atoms with Gasteiger partial charge in [-0.3, -0.25) is 0 Å². The lowest BCUT2D eigenvalue weighted by atomic mass is 10.0. The Hall–Kier alpha value is -0.730. The van der Waals surface area contributed by atoms with Gasteiger partial charge in [0.2, 0.25) is 0 Å². The Balaban J connectivity index is 2.14. The molecular weight excluding hydrogens is 222 g/mol. The van der Waals surface area contributed by atoms with Crippen LogP contribution >= 0.6 is 11.6 Å². The number of fused-ring (bicyclic) bond motifs is 1. The molecule has 2 unspecified atom stereocenters. The second kappa shape index (κ2) is 4.64. The normalized spacial score (nSPS) is 20.7. The van der Waals surface area contributed by atoms with Gasteiger partial charge in [0.1, 0.15) is 12.4 Å². The van der Waals surface area contributed by atoms with E-state index in [4.69, 9.17) is 16.3 Å². The first-order valence-electron chi connectivity index (χ1n) is 5.76. The fraction of sp³-hybridized carbons (Fsp3) is 0.538. The molecule has 0 bridgehead atoms. The second-order valence-electron chi connectivity index (χ2n) is 4.75. The van der Waals surface area contributed by atoms with Crippen LogP contribution in [0.5, 0.6) is 5.75 Å². The predicted molar refractivity (Wildman–Crippen MR) is 67.1 cm³/mol. The summed E-state index contributed by atoms with van der Waals surface area (Å²) < 4.78 is 5.63. The highest BCUT2D eigenvalue weighted by atomic mass is 35.5. The summed E-state index contributed by atoms with van der Waals surface area (Å²) in [5.74, 6) is 1.57. The minimum atomic E-state index is 0.270. The van der Waals surface area contributed by atoms with Crippen molar-refractivity contribution < 1.29 is 4.74 Å². The van der Waals surface area contributed by atoms with Crippen LogP contribution < -0.4 is 10.1 Å². The van der Waals surface area contributed by atoms with Crippen molar-refractivity contribution in [2.45, 2.75) is 32.9 Å². The maximum Gasteiger partial charge on any atom is 0.124 e. The molecule has 1 N–H and O–H groups in total. The monoisotopic (exact) mass is 239 g/mol. The summed E-state index contributed by atoms with van der Waals surface area (Å²) in [6.45, 7) is 7.33. The first-order chi connectivity index (χ1) is 7.58. The number of hydrogen-bond donors (Lipinski definition) is 1. The Bertz CT molecular complexity index is 378. The molecule has 0 fully saturated rings. The van der Waals surface area contributed by atoms with Crippen molar-refractivity contribution in [1.82, 2.24) is 5.32 Å². The zero-order chi connectivity index (χ0) is 11.7. The van der Waals surface area contributed by atoms with E-state index in [0.717, 1.165) is 10.8 Å². The van der Waals surface area contributed by atoms with Crippen molar-refractivity contribution in [3.8, 4) is 5.75 Å². The largest absolute Gasteiger partial charge is 0.491 e. The van der Waals surface area contributed by atoms with Gasteiger partial charge in [-0.15, -0.1) is 0 Å². The third-order valence-electron chi connectivity index (χ3n) is 3.22. The van der Waals surface area contributed by atoms with Gasteiger partial charge >= 0.3 is 0 Å². The van der Waals surface area contributed by atoms with Crippen LogP contribution in [0.2, 0.25) is 5.02 Å². The topological polar surface area (TPSA) is 21.3 Å². The molecule has 3 heteroatoms. The van der Waals surface area contributed by atoms with Crippen molar-refractivity contribution in [3.05, 3.63) is 28.8 Å². The van der Waals surface area contributed by atoms with Gasteiger partial charge in [0.25, 0.3) is 0 Å². The summed E-state index contributed by atoms with van der Waals surface area (Å²) in [6, 6.07) is 6.55. The van der Waals surface area contributed by atoms with E-state index in [0.29, 0.717) is 18.6 Å². The van der Waals surface area contributed by atoms with Crippen molar-refractivity contribution >= 4 is 11.6 Å². The lowest BCUT2D eigenvalue weighted by Gasteiger charge is -2.21. The van der Waals surface area contributed by atoms with E-state index in [2.05, 4.69) is 26.1 Å². The Morgan fingerprint density at radius 1 is 1.38 bits per heavy atom. The molecule has 0 aliphatic carbocycles. The second-order valence-corrected chi connectivity index (χ2v) is 5.18. The Labute approximate surface area is 102 Å². The average molecular weight is 240 g/mol. The molecule has 1 aromatic rings. The number of nitrogens with one attached hydrogen (secondary N) is 1. The maximum absolute atomic E-state index is 6.00. The molecule has 0 saturated carbocycles. The fourth-order valence-electron chi connectivity index (χ4n) is 1.83. The summed E-state index contributed by atoms with van der Waals surface area (Å²) in [7, 11) is 0. The van der Waals surface area contributed by atoms with E-state index < -0.39 is 0 Å². The van der Waals surface area contributed by atoms with Gasteiger partial charge < -0.3 is 10.1 Å². The number of rotatable bonds is 3. The van der Waals surface area contributed by atoms with Crippen LogP contribution in [0.15, 0.2) is 18.2 Å². The van der Waals surface area contributed by atoms with E-state index in [1.54, 1.807) is 0 Å². The first-order valence-corrected chi connectivity index (χ1v) is 6.14. The van der Waals surface area contributed by atoms with Crippen LogP contribution in [-0.4, -0.2) is 12.6 Å². The van der Waals surface area contributed by atoms with Gasteiger partial charge in [-0.2, -0.15) is 0 Å². The smallest absolute Gasteiger partial charge is 0.124 e. The molecule has 1 aromatic carbocycles. The molecule has 2 rings (SSSR count). The van der Waals surface area contributed by atoms with E-state index in [9.17, 15) is 0 Å². The maximum atomic E-state index is 6.00. The van der Waals surface area contributed by atoms with Gasteiger partial charge in [0, 0.05) is 16.6 Å². The third kappa shape index (κ3) is 2.33. The zero-order valence-electron chi connectivity index (χ0n) is 9.96. The van der Waals surface area contributed by atoms with Crippen LogP contribution in [0.25, 0.3) is 0 Å². The van der Waals surface area contributed by atoms with Gasteiger partial charge in [-0.25, -0.2) is 0 Å². The summed E-state index contributed by atoms with van der Waals surface area (Å²) in [5, 5.41) is 4.35. The van der Waals surface area contributed by atoms with E-state index >= 15 is 0 Å². The minimum absolute atomic E-state index is 0.270. The molecule has 1 aliphatic heterocycles. The number of halogens is 1. The molecule has 0 spiro atoms. The average Bonchev–Trinajstić information content (AvgIpc) is 2.61. The predicted octanol–water partition coefficient (Wildman–Crippen LogP) is 3.41. The molecule has 1 heterocycles. The van der Waals surface area contributed by atoms with Crippen LogP contribution in [0.4, 0.5) is 0 Å². The van der Waals surface area contributed by atoms with E-state index in [-0.39, 0.29) is 6.04 Å². The highest BCUT2D eigenvalue weighted by Crippen LogP contribution is 2.34. The van der Waals surface area contributed by atoms with E-state index in [1.165, 1.54) is 5.56 Å². The first kappa shape index (κ1) is 11.7. The standard InChI is InChI=1S/C13H18ClNO/c1-8(2)9(3)15-12-7-16-13-5-4-10(14)6-11(12)13/h4-6,8-9,12,15H,7H2,1-3H3. The van der Waals surface area contributed by atoms with Crippen molar-refractivity contribution in [2.75, 3.05) is 6.61 Å². The number of hydrogen-bond acceptors (Lipinski definition) is 2. The molecule has 0 radical (unpaired) electrons. The molecule has 0 saturated heterocycles. The molecule has 0 amide bonds. The Kier molecular flexibility index (Phi) is 3.41. The van der Waals surface area contributed by atoms with Crippen LogP contribution in [0, 0.1) is 5.92 Å². The summed E-state index contributed by atoms with van der Waals surface area (Å²) in [4.78, 5) is 0. The lowest BCUT2D eigenvalue weighted by molar-refractivity contribution is 0.285. The molecule has 88 valence electrons. The molecular formula is C13H18ClNO. The highest BCUT2D eigenvalue weighted by Gasteiger charge is 2.25. The van der Waals surface area contributed by atoms with Crippen molar-refractivity contribution in [2.24, 2.45) is 5.92 Å². The molecule has 2 nitrogen and oxygen atoms in total. The number of benzene rings is 1. The lowest BCUT2D eigenvalue weighted by Crippen LogP contribution is -2.35. The molecule has 1 aliphatic rings. The molecule has 16 heavy (non-hydrogen) atoms. The molecule has 0 aromatic heterocycles. The van der Waals surface area contributed by atoms with Crippen molar-refractivity contribution in [3.63, 3.8) is 0 Å². The summed E-state index contributed by atoms with van der Waals surface area (Å²) in [5.41, 5.74) is 1.18. The van der Waals surface area contributed by atoms with Gasteiger partial charge in [0.15, 0.2) is 0 Å². The third-order valence-corrected chi connectivity index (χ3v) is 3.45. The van der Waals surface area contributed by atoms with Gasteiger partial charge in [-0.05, 0) is 31.0 Å². The van der Waals surface area contributed by atoms with Gasteiger partial charge in [0.05, 0.1) is 6.04 Å². The van der Waals surface area contributed by atoms with Crippen LogP contribution in [0.3, 0.4) is 0 Å². The van der Waals surface area contributed by atoms with Crippen LogP contribution in [0.1, 0.15) is 32.4 Å². The Morgan fingerprint density at radius 3 is 2.81 bits per heavy atom. The molecule has 2 atom stereocenters. The zero-order valence-corrected chi connectivity index (χ0v) is 10.7. The van der Waals surface area contributed by atoms with Crippen molar-refractivity contribution in [1.29, 1.82) is 0 Å². The fourth-order valence-corrected chi connectivity index (χ4v) is 2.01. The summed E-state index contributed by atoms with van der Waals surface area (Å²) in [6.07, 6.45) is 0. The quantitative estimate of drug-likeness (QED) is 0.873. The SMILES string of the molecule is CC(C)C(C)NC1COc2ccc(Cl)cc21. The highest BCUT2D eigenvalue weighted by molar-refractivity contribution is 6.30. The van der Waals surface area contributed by atoms with Gasteiger partial charge in [-0.1, -0.05) is 25.4 Å². The van der Waals surface area contributed by atoms with E-state index in [1.807, 2.05) is 18.2 Å². The Morgan fingerprint density at radius 2 is 2.12 bits per heavy atom.